The van der Waals surface area contributed by atoms with Crippen molar-refractivity contribution in [3.63, 3.8) is 0 Å². The van der Waals surface area contributed by atoms with Crippen molar-refractivity contribution in [2.45, 2.75) is 45.8 Å². The minimum atomic E-state index is -1.09. The molecule has 31 heavy (non-hydrogen) atoms. The number of Topliss-reactive ketones (excluding diaryl/α,β-unsaturated/α-hetero) is 1. The van der Waals surface area contributed by atoms with Crippen LogP contribution in [0.3, 0.4) is 0 Å². The second-order valence-corrected chi connectivity index (χ2v) is 7.96. The number of benzene rings is 2. The minimum absolute atomic E-state index is 0.0772. The number of carboxylic acid groups (broad SMARTS) is 1. The van der Waals surface area contributed by atoms with E-state index in [1.54, 1.807) is 12.1 Å². The number of ketones is 1. The third-order valence-electron chi connectivity index (χ3n) is 4.82. The van der Waals surface area contributed by atoms with Crippen LogP contribution < -0.4 is 5.32 Å². The van der Waals surface area contributed by atoms with Crippen LogP contribution in [0.1, 0.15) is 37.8 Å². The Balaban J connectivity index is 1.99. The first-order valence-electron chi connectivity index (χ1n) is 10.2. The number of carbonyl (C=O) groups is 3. The van der Waals surface area contributed by atoms with Crippen LogP contribution in [0.25, 0.3) is 0 Å². The molecule has 2 rings (SSSR count). The molecule has 0 spiro atoms. The van der Waals surface area contributed by atoms with Gasteiger partial charge in [-0.1, -0.05) is 56.3 Å². The average molecular weight is 427 g/mol. The number of rotatable bonds is 11. The van der Waals surface area contributed by atoms with Crippen molar-refractivity contribution in [3.8, 4) is 5.75 Å². The highest BCUT2D eigenvalue weighted by molar-refractivity contribution is 5.90. The van der Waals surface area contributed by atoms with E-state index in [2.05, 4.69) is 5.32 Å². The Morgan fingerprint density at radius 2 is 1.61 bits per heavy atom. The standard InChI is InChI=1S/C24H29NO6/c1-16(2)12-21(25-24(30)31-15-18-6-4-3-5-7-18)22(27)14-19(23(28)29)13-17-8-10-20(26)11-9-17/h3-11,16,19,21,26H,12-15H2,1-2H3,(H,25,30)(H,28,29)/t19-,21+/m1/s1. The molecule has 0 saturated carbocycles. The number of carbonyl (C=O) groups excluding carboxylic acids is 2. The molecule has 0 radical (unpaired) electrons. The predicted octanol–water partition coefficient (Wildman–Crippen LogP) is 3.94. The lowest BCUT2D eigenvalue weighted by Crippen LogP contribution is -2.43. The van der Waals surface area contributed by atoms with Gasteiger partial charge >= 0.3 is 12.1 Å². The first kappa shape index (κ1) is 23.9. The Labute approximate surface area is 182 Å². The molecule has 166 valence electrons. The number of carboxylic acids is 1. The third-order valence-corrected chi connectivity index (χ3v) is 4.82. The molecular weight excluding hydrogens is 398 g/mol. The summed E-state index contributed by atoms with van der Waals surface area (Å²) in [7, 11) is 0. The van der Waals surface area contributed by atoms with Crippen molar-refractivity contribution >= 4 is 17.8 Å². The molecule has 3 N–H and O–H groups in total. The molecule has 0 heterocycles. The highest BCUT2D eigenvalue weighted by Crippen LogP contribution is 2.19. The maximum absolute atomic E-state index is 12.9. The molecule has 2 aromatic rings. The molecule has 7 nitrogen and oxygen atoms in total. The van der Waals surface area contributed by atoms with Gasteiger partial charge in [0.15, 0.2) is 5.78 Å². The summed E-state index contributed by atoms with van der Waals surface area (Å²) in [5.41, 5.74) is 1.53. The van der Waals surface area contributed by atoms with Crippen LogP contribution in [0, 0.1) is 11.8 Å². The van der Waals surface area contributed by atoms with Gasteiger partial charge < -0.3 is 20.3 Å². The maximum atomic E-state index is 12.9. The number of ether oxygens (including phenoxy) is 1. The largest absolute Gasteiger partial charge is 0.508 e. The average Bonchev–Trinajstić information content (AvgIpc) is 2.73. The number of amides is 1. The van der Waals surface area contributed by atoms with Gasteiger partial charge in [-0.15, -0.1) is 0 Å². The number of nitrogens with one attached hydrogen (secondary N) is 1. The van der Waals surface area contributed by atoms with Crippen LogP contribution in [-0.4, -0.2) is 34.1 Å². The van der Waals surface area contributed by atoms with Crippen molar-refractivity contribution < 1.29 is 29.3 Å². The summed E-state index contributed by atoms with van der Waals surface area (Å²) >= 11 is 0. The van der Waals surface area contributed by atoms with Gasteiger partial charge in [0.25, 0.3) is 0 Å². The fourth-order valence-electron chi connectivity index (χ4n) is 3.20. The number of phenolic OH excluding ortho intramolecular Hbond substituents is 1. The van der Waals surface area contributed by atoms with Gasteiger partial charge in [-0.2, -0.15) is 0 Å². The molecule has 0 aromatic heterocycles. The lowest BCUT2D eigenvalue weighted by Gasteiger charge is -2.21. The van der Waals surface area contributed by atoms with Gasteiger partial charge in [0, 0.05) is 6.42 Å². The smallest absolute Gasteiger partial charge is 0.408 e. The molecule has 2 atom stereocenters. The SMILES string of the molecule is CC(C)C[C@H](NC(=O)OCc1ccccc1)C(=O)C[C@@H](Cc1ccc(O)cc1)C(=O)O. The Morgan fingerprint density at radius 1 is 0.968 bits per heavy atom. The zero-order chi connectivity index (χ0) is 22.8. The highest BCUT2D eigenvalue weighted by Gasteiger charge is 2.28. The molecule has 0 aliphatic heterocycles. The molecule has 0 saturated heterocycles. The van der Waals surface area contributed by atoms with Crippen molar-refractivity contribution in [1.82, 2.24) is 5.32 Å². The summed E-state index contributed by atoms with van der Waals surface area (Å²) < 4.78 is 5.21. The first-order valence-corrected chi connectivity index (χ1v) is 10.2. The molecule has 2 aromatic carbocycles. The van der Waals surface area contributed by atoms with E-state index in [0.717, 1.165) is 5.56 Å². The van der Waals surface area contributed by atoms with Crippen molar-refractivity contribution in [3.05, 3.63) is 65.7 Å². The summed E-state index contributed by atoms with van der Waals surface area (Å²) in [6.45, 7) is 3.92. The van der Waals surface area contributed by atoms with Crippen molar-refractivity contribution in [2.75, 3.05) is 0 Å². The van der Waals surface area contributed by atoms with Gasteiger partial charge in [0.1, 0.15) is 12.4 Å². The van der Waals surface area contributed by atoms with Gasteiger partial charge in [-0.25, -0.2) is 4.79 Å². The van der Waals surface area contributed by atoms with Crippen LogP contribution in [0.2, 0.25) is 0 Å². The molecule has 0 aliphatic carbocycles. The van der Waals surface area contributed by atoms with E-state index in [-0.39, 0.29) is 36.9 Å². The molecular formula is C24H29NO6. The van der Waals surface area contributed by atoms with E-state index in [4.69, 9.17) is 4.74 Å². The molecule has 7 heteroatoms. The number of hydrogen-bond donors (Lipinski definition) is 3. The second-order valence-electron chi connectivity index (χ2n) is 7.96. The molecule has 0 fully saturated rings. The van der Waals surface area contributed by atoms with Crippen LogP contribution in [-0.2, 0) is 27.4 Å². The lowest BCUT2D eigenvalue weighted by atomic mass is 9.90. The number of phenols is 1. The van der Waals surface area contributed by atoms with Crippen molar-refractivity contribution in [2.24, 2.45) is 11.8 Å². The Kier molecular flexibility index (Phi) is 9.06. The van der Waals surface area contributed by atoms with Gasteiger partial charge in [-0.3, -0.25) is 9.59 Å². The number of hydrogen-bond acceptors (Lipinski definition) is 5. The fraction of sp³-hybridized carbons (Fsp3) is 0.375. The van der Waals surface area contributed by atoms with Crippen molar-refractivity contribution in [1.29, 1.82) is 0 Å². The maximum Gasteiger partial charge on any atom is 0.408 e. The highest BCUT2D eigenvalue weighted by atomic mass is 16.5. The quantitative estimate of drug-likeness (QED) is 0.501. The molecule has 0 aliphatic rings. The molecule has 0 bridgehead atoms. The summed E-state index contributed by atoms with van der Waals surface area (Å²) in [5.74, 6) is -2.17. The number of alkyl carbamates (subject to hydrolysis) is 1. The second kappa shape index (κ2) is 11.7. The Bertz CT molecular complexity index is 863. The molecule has 1 amide bonds. The van der Waals surface area contributed by atoms with Gasteiger partial charge in [-0.05, 0) is 42.0 Å². The van der Waals surface area contributed by atoms with Gasteiger partial charge in [0.2, 0.25) is 0 Å². The predicted molar refractivity (Wildman–Crippen MR) is 116 cm³/mol. The van der Waals surface area contributed by atoms with Gasteiger partial charge in [0.05, 0.1) is 12.0 Å². The Morgan fingerprint density at radius 3 is 2.19 bits per heavy atom. The third kappa shape index (κ3) is 8.50. The van der Waals surface area contributed by atoms with Crippen LogP contribution in [0.4, 0.5) is 4.79 Å². The minimum Gasteiger partial charge on any atom is -0.508 e. The summed E-state index contributed by atoms with van der Waals surface area (Å²) in [6, 6.07) is 14.5. The number of aliphatic carboxylic acids is 1. The lowest BCUT2D eigenvalue weighted by molar-refractivity contribution is -0.144. The summed E-state index contributed by atoms with van der Waals surface area (Å²) in [6.07, 6.45) is -0.403. The summed E-state index contributed by atoms with van der Waals surface area (Å²) in [4.78, 5) is 36.8. The Hall–Kier alpha value is -3.35. The van der Waals surface area contributed by atoms with Crippen LogP contribution in [0.5, 0.6) is 5.75 Å². The fourth-order valence-corrected chi connectivity index (χ4v) is 3.20. The topological polar surface area (TPSA) is 113 Å². The zero-order valence-electron chi connectivity index (χ0n) is 17.8. The van der Waals surface area contributed by atoms with E-state index < -0.39 is 24.0 Å². The monoisotopic (exact) mass is 427 g/mol. The zero-order valence-corrected chi connectivity index (χ0v) is 17.8. The van der Waals surface area contributed by atoms with E-state index in [0.29, 0.717) is 12.0 Å². The number of aromatic hydroxyl groups is 1. The van der Waals surface area contributed by atoms with E-state index in [1.165, 1.54) is 12.1 Å². The first-order chi connectivity index (χ1) is 14.7. The van der Waals surface area contributed by atoms with Crippen LogP contribution in [0.15, 0.2) is 54.6 Å². The summed E-state index contributed by atoms with van der Waals surface area (Å²) in [5, 5.41) is 21.6. The molecule has 0 unspecified atom stereocenters. The van der Waals surface area contributed by atoms with E-state index in [9.17, 15) is 24.6 Å². The normalized spacial score (nSPS) is 12.7. The van der Waals surface area contributed by atoms with E-state index >= 15 is 0 Å². The van der Waals surface area contributed by atoms with Crippen LogP contribution >= 0.6 is 0 Å². The van der Waals surface area contributed by atoms with E-state index in [1.807, 2.05) is 44.2 Å².